The molecule has 0 amide bonds. The van der Waals surface area contributed by atoms with Gasteiger partial charge in [0.2, 0.25) is 0 Å². The number of carbonyl (C=O) groups excluding carboxylic acids is 2. The monoisotopic (exact) mass is 468 g/mol. The number of carbonyl (C=O) groups is 3. The van der Waals surface area contributed by atoms with Gasteiger partial charge in [-0.15, -0.1) is 0 Å². The van der Waals surface area contributed by atoms with Crippen LogP contribution < -0.4 is 0 Å². The molecule has 4 heteroatoms. The minimum atomic E-state index is -0.838. The molecule has 2 saturated carbocycles. The summed E-state index contributed by atoms with van der Waals surface area (Å²) in [5.41, 5.74) is 2.44. The van der Waals surface area contributed by atoms with Crippen molar-refractivity contribution in [2.24, 2.45) is 39.4 Å². The molecule has 4 nitrogen and oxygen atoms in total. The van der Waals surface area contributed by atoms with Crippen molar-refractivity contribution in [2.75, 3.05) is 0 Å². The fraction of sp³-hybridized carbons (Fsp3) is 0.767. The lowest BCUT2D eigenvalue weighted by Crippen LogP contribution is -2.56. The summed E-state index contributed by atoms with van der Waals surface area (Å²) in [5, 5.41) is 9.15. The highest BCUT2D eigenvalue weighted by molar-refractivity contribution is 6.00. The summed E-state index contributed by atoms with van der Waals surface area (Å²) in [6, 6.07) is 0. The van der Waals surface area contributed by atoms with E-state index in [1.807, 2.05) is 6.08 Å². The van der Waals surface area contributed by atoms with Gasteiger partial charge in [0.15, 0.2) is 5.78 Å². The van der Waals surface area contributed by atoms with Crippen molar-refractivity contribution in [1.82, 2.24) is 0 Å². The zero-order valence-electron chi connectivity index (χ0n) is 22.3. The average molecular weight is 469 g/mol. The molecule has 34 heavy (non-hydrogen) atoms. The molecule has 0 bridgehead atoms. The van der Waals surface area contributed by atoms with Crippen molar-refractivity contribution < 1.29 is 19.5 Å². The Kier molecular flexibility index (Phi) is 6.10. The highest BCUT2D eigenvalue weighted by Crippen LogP contribution is 2.71. The summed E-state index contributed by atoms with van der Waals surface area (Å²) >= 11 is 0. The van der Waals surface area contributed by atoms with Crippen LogP contribution in [0.4, 0.5) is 0 Å². The van der Waals surface area contributed by atoms with Gasteiger partial charge in [-0.2, -0.15) is 0 Å². The number of carboxylic acids is 1. The van der Waals surface area contributed by atoms with Crippen molar-refractivity contribution in [2.45, 2.75) is 106 Å². The van der Waals surface area contributed by atoms with E-state index in [4.69, 9.17) is 5.11 Å². The van der Waals surface area contributed by atoms with Gasteiger partial charge >= 0.3 is 5.97 Å². The van der Waals surface area contributed by atoms with Gasteiger partial charge in [-0.05, 0) is 80.5 Å². The van der Waals surface area contributed by atoms with E-state index in [1.54, 1.807) is 6.92 Å². The summed E-state index contributed by atoms with van der Waals surface area (Å²) in [4.78, 5) is 37.8. The second-order valence-corrected chi connectivity index (χ2v) is 13.2. The lowest BCUT2D eigenvalue weighted by atomic mass is 9.43. The van der Waals surface area contributed by atoms with Gasteiger partial charge in [-0.1, -0.05) is 53.2 Å². The Bertz CT molecular complexity index is 984. The average Bonchev–Trinajstić information content (AvgIpc) is 3.04. The second kappa shape index (κ2) is 8.17. The summed E-state index contributed by atoms with van der Waals surface area (Å²) in [6.45, 7) is 15.3. The molecule has 0 radical (unpaired) electrons. The summed E-state index contributed by atoms with van der Waals surface area (Å²) < 4.78 is 0. The van der Waals surface area contributed by atoms with Crippen LogP contribution in [0.3, 0.4) is 0 Å². The van der Waals surface area contributed by atoms with E-state index in [9.17, 15) is 14.4 Å². The van der Waals surface area contributed by atoms with E-state index in [0.29, 0.717) is 41.8 Å². The van der Waals surface area contributed by atoms with Crippen molar-refractivity contribution >= 4 is 17.5 Å². The fourth-order valence-electron chi connectivity index (χ4n) is 8.97. The molecule has 0 heterocycles. The molecule has 4 aliphatic rings. The molecule has 0 aromatic rings. The SMILES string of the molecule is C/C(=C\CC[C@@H](C)[C@H]1CC[C@@]2(C)C3=C(CC[C@]12C)[C@@]1(C)CCC(=O)C(C)(C)C1CC3=O)C(=O)O. The van der Waals surface area contributed by atoms with E-state index >= 15 is 0 Å². The molecule has 6 atom stereocenters. The second-order valence-electron chi connectivity index (χ2n) is 13.2. The molecule has 188 valence electrons. The number of fused-ring (bicyclic) bond motifs is 4. The van der Waals surface area contributed by atoms with Crippen LogP contribution in [-0.4, -0.2) is 22.6 Å². The van der Waals surface area contributed by atoms with Crippen LogP contribution in [0.1, 0.15) is 106 Å². The molecule has 1 unspecified atom stereocenters. The van der Waals surface area contributed by atoms with Gasteiger partial charge in [0.05, 0.1) is 0 Å². The maximum Gasteiger partial charge on any atom is 0.330 e. The Morgan fingerprint density at radius 3 is 2.41 bits per heavy atom. The van der Waals surface area contributed by atoms with Crippen LogP contribution >= 0.6 is 0 Å². The number of allylic oxidation sites excluding steroid dienone is 3. The number of ketones is 2. The molecule has 0 aliphatic heterocycles. The predicted molar refractivity (Wildman–Crippen MR) is 134 cm³/mol. The molecular formula is C30H44O4. The maximum absolute atomic E-state index is 13.9. The Labute approximate surface area is 205 Å². The number of carboxylic acid groups (broad SMARTS) is 1. The van der Waals surface area contributed by atoms with Crippen molar-refractivity contribution in [1.29, 1.82) is 0 Å². The highest BCUT2D eigenvalue weighted by Gasteiger charge is 2.65. The Balaban J connectivity index is 1.66. The molecule has 4 aliphatic carbocycles. The third-order valence-corrected chi connectivity index (χ3v) is 11.5. The molecule has 1 N–H and O–H groups in total. The normalized spacial score (nSPS) is 40.5. The van der Waals surface area contributed by atoms with Gasteiger partial charge in [-0.3, -0.25) is 9.59 Å². The number of rotatable bonds is 5. The van der Waals surface area contributed by atoms with Gasteiger partial charge in [-0.25, -0.2) is 4.79 Å². The third-order valence-electron chi connectivity index (χ3n) is 11.5. The van der Waals surface area contributed by atoms with Gasteiger partial charge < -0.3 is 5.11 Å². The topological polar surface area (TPSA) is 71.4 Å². The third kappa shape index (κ3) is 3.41. The standard InChI is InChI=1S/C30H44O4/c1-18(9-8-10-19(2)26(33)34)20-11-16-30(7)25-21(12-15-29(20,30)6)28(5)14-13-24(32)27(3,4)23(28)17-22(25)31/h10,18,20,23H,8-9,11-17H2,1-7H3,(H,33,34)/b19-10+/t18-,20-,23?,28-,29-,30+/m1/s1. The summed E-state index contributed by atoms with van der Waals surface area (Å²) in [5.74, 6) is 0.923. The first-order chi connectivity index (χ1) is 15.7. The molecule has 0 spiro atoms. The van der Waals surface area contributed by atoms with Crippen LogP contribution in [0.15, 0.2) is 22.8 Å². The smallest absolute Gasteiger partial charge is 0.330 e. The maximum atomic E-state index is 13.9. The molecular weight excluding hydrogens is 424 g/mol. The van der Waals surface area contributed by atoms with Crippen molar-refractivity contribution in [3.8, 4) is 0 Å². The van der Waals surface area contributed by atoms with E-state index in [1.165, 1.54) is 5.57 Å². The Morgan fingerprint density at radius 2 is 1.76 bits per heavy atom. The van der Waals surface area contributed by atoms with Gasteiger partial charge in [0.25, 0.3) is 0 Å². The van der Waals surface area contributed by atoms with E-state index in [0.717, 1.165) is 50.5 Å². The Hall–Kier alpha value is -1.71. The lowest BCUT2D eigenvalue weighted by Gasteiger charge is -2.60. The zero-order chi connectivity index (χ0) is 25.3. The zero-order valence-corrected chi connectivity index (χ0v) is 22.3. The summed E-state index contributed by atoms with van der Waals surface area (Å²) in [7, 11) is 0. The summed E-state index contributed by atoms with van der Waals surface area (Å²) in [6.07, 6.45) is 9.91. The van der Waals surface area contributed by atoms with Crippen molar-refractivity contribution in [3.63, 3.8) is 0 Å². The van der Waals surface area contributed by atoms with Crippen LogP contribution in [0.2, 0.25) is 0 Å². The molecule has 2 fully saturated rings. The number of aliphatic carboxylic acids is 1. The van der Waals surface area contributed by atoms with E-state index < -0.39 is 11.4 Å². The van der Waals surface area contributed by atoms with Gasteiger partial charge in [0, 0.05) is 34.8 Å². The largest absolute Gasteiger partial charge is 0.478 e. The first kappa shape index (κ1) is 25.4. The predicted octanol–water partition coefficient (Wildman–Crippen LogP) is 6.93. The highest BCUT2D eigenvalue weighted by atomic mass is 16.4. The van der Waals surface area contributed by atoms with E-state index in [-0.39, 0.29) is 22.2 Å². The first-order valence-electron chi connectivity index (χ1n) is 13.4. The number of hydrogen-bond donors (Lipinski definition) is 1. The van der Waals surface area contributed by atoms with Gasteiger partial charge in [0.1, 0.15) is 5.78 Å². The number of Topliss-reactive ketones (excluding diaryl/α,β-unsaturated/α-hetero) is 2. The van der Waals surface area contributed by atoms with Crippen molar-refractivity contribution in [3.05, 3.63) is 22.8 Å². The van der Waals surface area contributed by atoms with Crippen LogP contribution in [0, 0.1) is 39.4 Å². The molecule has 4 rings (SSSR count). The minimum absolute atomic E-state index is 0.0478. The minimum Gasteiger partial charge on any atom is -0.478 e. The molecule has 0 saturated heterocycles. The molecule has 0 aromatic carbocycles. The quantitative estimate of drug-likeness (QED) is 0.444. The molecule has 0 aromatic heterocycles. The van der Waals surface area contributed by atoms with Crippen LogP contribution in [0.25, 0.3) is 0 Å². The van der Waals surface area contributed by atoms with Crippen LogP contribution in [0.5, 0.6) is 0 Å². The Morgan fingerprint density at radius 1 is 1.09 bits per heavy atom. The fourth-order valence-corrected chi connectivity index (χ4v) is 8.97. The first-order valence-corrected chi connectivity index (χ1v) is 13.4. The van der Waals surface area contributed by atoms with Crippen LogP contribution in [-0.2, 0) is 14.4 Å². The lowest BCUT2D eigenvalue weighted by molar-refractivity contribution is -0.142. The van der Waals surface area contributed by atoms with E-state index in [2.05, 4.69) is 41.5 Å². The number of hydrogen-bond acceptors (Lipinski definition) is 3.